The fraction of sp³-hybridized carbons (Fsp3) is 0.833. The van der Waals surface area contributed by atoms with Crippen molar-refractivity contribution in [2.24, 2.45) is 17.3 Å². The quantitative estimate of drug-likeness (QED) is 0.427. The minimum absolute atomic E-state index is 0.437. The minimum atomic E-state index is 0.437. The summed E-state index contributed by atoms with van der Waals surface area (Å²) >= 11 is 0. The number of allylic oxidation sites excluding steroid dienone is 2. The van der Waals surface area contributed by atoms with Crippen LogP contribution < -0.4 is 0 Å². The highest BCUT2D eigenvalue weighted by Gasteiger charge is 2.40. The molecule has 0 heterocycles. The molecule has 0 radical (unpaired) electrons. The van der Waals surface area contributed by atoms with Crippen molar-refractivity contribution in [3.05, 3.63) is 12.2 Å². The van der Waals surface area contributed by atoms with E-state index in [1.165, 1.54) is 12.8 Å². The summed E-state index contributed by atoms with van der Waals surface area (Å²) in [4.78, 5) is 0. The van der Waals surface area contributed by atoms with Crippen LogP contribution in [0.3, 0.4) is 0 Å². The first-order chi connectivity index (χ1) is 6.02. The lowest BCUT2D eigenvalue weighted by molar-refractivity contribution is 0.116. The lowest BCUT2D eigenvalue weighted by atomic mass is 9.53. The average molecular weight is 178 g/mol. The van der Waals surface area contributed by atoms with E-state index in [9.17, 15) is 0 Å². The molecule has 0 amide bonds. The molecule has 0 nitrogen and oxygen atoms in total. The van der Waals surface area contributed by atoms with Gasteiger partial charge in [-0.05, 0) is 24.2 Å². The topological polar surface area (TPSA) is 0 Å². The van der Waals surface area contributed by atoms with Gasteiger partial charge in [-0.25, -0.2) is 0 Å². The Morgan fingerprint density at radius 3 is 2.46 bits per heavy atom. The van der Waals surface area contributed by atoms with Gasteiger partial charge in [0, 0.05) is 0 Å². The first-order valence-electron chi connectivity index (χ1n) is 5.66. The van der Waals surface area contributed by atoms with Crippen molar-refractivity contribution in [1.82, 2.24) is 0 Å². The Bertz CT molecular complexity index is 197. The van der Waals surface area contributed by atoms with Crippen LogP contribution in [0.25, 0.3) is 0 Å². The lowest BCUT2D eigenvalue weighted by Crippen LogP contribution is -2.37. The van der Waals surface area contributed by atoms with Gasteiger partial charge in [-0.15, -0.1) is 0 Å². The molecule has 0 aliphatic heterocycles. The third kappa shape index (κ3) is 1.84. The second kappa shape index (κ2) is 3.90. The molecule has 0 N–H and O–H groups in total. The summed E-state index contributed by atoms with van der Waals surface area (Å²) in [5.41, 5.74) is 0.437. The van der Waals surface area contributed by atoms with Crippen LogP contribution in [-0.2, 0) is 0 Å². The molecule has 1 aliphatic rings. The molecule has 1 saturated carbocycles. The van der Waals surface area contributed by atoms with Crippen LogP contribution in [0.5, 0.6) is 0 Å². The normalized spacial score (nSPS) is 46.9. The molecule has 74 valence electrons. The molecule has 0 aromatic carbocycles. The highest BCUT2D eigenvalue weighted by molar-refractivity contribution is 6.11. The van der Waals surface area contributed by atoms with E-state index in [0.717, 1.165) is 17.7 Å². The summed E-state index contributed by atoms with van der Waals surface area (Å²) in [6, 6.07) is 0. The van der Waals surface area contributed by atoms with Crippen molar-refractivity contribution in [3.8, 4) is 0 Å². The first kappa shape index (κ1) is 10.9. The maximum Gasteiger partial charge on any atom is 0.105 e. The summed E-state index contributed by atoms with van der Waals surface area (Å²) in [6.45, 7) is 9.39. The van der Waals surface area contributed by atoms with Crippen molar-refractivity contribution in [2.45, 2.75) is 46.4 Å². The molecule has 0 saturated heterocycles. The van der Waals surface area contributed by atoms with Crippen LogP contribution in [0.4, 0.5) is 0 Å². The van der Waals surface area contributed by atoms with Gasteiger partial charge in [0.2, 0.25) is 0 Å². The molecule has 1 fully saturated rings. The average Bonchev–Trinajstić information content (AvgIpc) is 2.10. The van der Waals surface area contributed by atoms with E-state index in [-0.39, 0.29) is 0 Å². The Morgan fingerprint density at radius 1 is 1.31 bits per heavy atom. The van der Waals surface area contributed by atoms with Crippen molar-refractivity contribution in [2.75, 3.05) is 0 Å². The second-order valence-electron chi connectivity index (χ2n) is 5.11. The summed E-state index contributed by atoms with van der Waals surface area (Å²) in [6.07, 6.45) is 7.46. The van der Waals surface area contributed by atoms with Gasteiger partial charge < -0.3 is 0 Å². The zero-order chi connectivity index (χ0) is 10.1. The van der Waals surface area contributed by atoms with Crippen molar-refractivity contribution >= 4 is 7.85 Å². The Labute approximate surface area is 84.2 Å². The van der Waals surface area contributed by atoms with Crippen molar-refractivity contribution in [3.63, 3.8) is 0 Å². The van der Waals surface area contributed by atoms with Gasteiger partial charge in [-0.1, -0.05) is 51.6 Å². The van der Waals surface area contributed by atoms with Crippen LogP contribution in [-0.4, -0.2) is 7.85 Å². The van der Waals surface area contributed by atoms with Gasteiger partial charge in [0.1, 0.15) is 7.85 Å². The highest BCUT2D eigenvalue weighted by Crippen LogP contribution is 2.50. The van der Waals surface area contributed by atoms with Gasteiger partial charge in [-0.2, -0.15) is 0 Å². The van der Waals surface area contributed by atoms with Crippen LogP contribution in [0.2, 0.25) is 5.82 Å². The molecule has 1 rings (SSSR count). The Kier molecular flexibility index (Phi) is 3.26. The summed E-state index contributed by atoms with van der Waals surface area (Å²) in [5, 5.41) is 0. The second-order valence-corrected chi connectivity index (χ2v) is 5.11. The van der Waals surface area contributed by atoms with E-state index in [1.807, 2.05) is 0 Å². The Balaban J connectivity index is 2.88. The molecule has 1 unspecified atom stereocenters. The Hall–Kier alpha value is -0.195. The third-order valence-electron chi connectivity index (χ3n) is 4.48. The van der Waals surface area contributed by atoms with Gasteiger partial charge in [0.15, 0.2) is 0 Å². The molecular weight excluding hydrogens is 155 g/mol. The predicted octanol–water partition coefficient (Wildman–Crippen LogP) is 3.06. The van der Waals surface area contributed by atoms with Crippen molar-refractivity contribution < 1.29 is 0 Å². The summed E-state index contributed by atoms with van der Waals surface area (Å²) in [5.74, 6) is 2.56. The van der Waals surface area contributed by atoms with Crippen LogP contribution in [0.1, 0.15) is 40.5 Å². The minimum Gasteiger partial charge on any atom is -0.0911 e. The maximum atomic E-state index is 2.43. The molecule has 0 bridgehead atoms. The zero-order valence-corrected chi connectivity index (χ0v) is 9.80. The van der Waals surface area contributed by atoms with E-state index < -0.39 is 0 Å². The third-order valence-corrected chi connectivity index (χ3v) is 4.48. The van der Waals surface area contributed by atoms with Crippen LogP contribution in [0, 0.1) is 17.3 Å². The molecule has 4 atom stereocenters. The van der Waals surface area contributed by atoms with E-state index in [2.05, 4.69) is 47.7 Å². The van der Waals surface area contributed by atoms with Crippen molar-refractivity contribution in [1.29, 1.82) is 0 Å². The zero-order valence-electron chi connectivity index (χ0n) is 9.80. The first-order valence-corrected chi connectivity index (χ1v) is 5.66. The SMILES string of the molecule is BC1CC[C@@H](C)[C@](C)(/C=C/C)[C@H]1C. The number of rotatable bonds is 1. The van der Waals surface area contributed by atoms with Gasteiger partial charge in [0.25, 0.3) is 0 Å². The predicted molar refractivity (Wildman–Crippen MR) is 62.8 cm³/mol. The molecule has 0 aromatic rings. The summed E-state index contributed by atoms with van der Waals surface area (Å²) in [7, 11) is 2.40. The largest absolute Gasteiger partial charge is 0.105 e. The van der Waals surface area contributed by atoms with E-state index in [1.54, 1.807) is 0 Å². The maximum absolute atomic E-state index is 2.43. The standard InChI is InChI=1S/C12H23B/c1-5-8-12(4)9(2)6-7-11(13)10(12)3/h5,8-11H,6-7,13H2,1-4H3/b8-5+/t9-,10+,11?,12+/m1/s1. The van der Waals surface area contributed by atoms with Gasteiger partial charge >= 0.3 is 0 Å². The molecular formula is C12H23B. The van der Waals surface area contributed by atoms with Gasteiger partial charge in [0.05, 0.1) is 0 Å². The highest BCUT2D eigenvalue weighted by atomic mass is 14.4. The fourth-order valence-corrected chi connectivity index (χ4v) is 2.81. The monoisotopic (exact) mass is 178 g/mol. The summed E-state index contributed by atoms with van der Waals surface area (Å²) < 4.78 is 0. The van der Waals surface area contributed by atoms with Crippen LogP contribution >= 0.6 is 0 Å². The fourth-order valence-electron chi connectivity index (χ4n) is 2.81. The Morgan fingerprint density at radius 2 is 1.92 bits per heavy atom. The van der Waals surface area contributed by atoms with E-state index in [4.69, 9.17) is 0 Å². The lowest BCUT2D eigenvalue weighted by Gasteiger charge is -2.46. The molecule has 0 spiro atoms. The van der Waals surface area contributed by atoms with Gasteiger partial charge in [-0.3, -0.25) is 0 Å². The van der Waals surface area contributed by atoms with E-state index in [0.29, 0.717) is 5.41 Å². The smallest absolute Gasteiger partial charge is 0.0911 e. The molecule has 1 aliphatic carbocycles. The number of hydrogen-bond donors (Lipinski definition) is 0. The van der Waals surface area contributed by atoms with E-state index >= 15 is 0 Å². The molecule has 0 aromatic heterocycles. The molecule has 13 heavy (non-hydrogen) atoms. The number of hydrogen-bond acceptors (Lipinski definition) is 0. The van der Waals surface area contributed by atoms with Crippen LogP contribution in [0.15, 0.2) is 12.2 Å². The molecule has 1 heteroatoms.